The van der Waals surface area contributed by atoms with E-state index in [4.69, 9.17) is 18.0 Å². The Morgan fingerprint density at radius 1 is 1.45 bits per heavy atom. The molecular weight excluding hydrogens is 272 g/mol. The van der Waals surface area contributed by atoms with Crippen LogP contribution < -0.4 is 16.4 Å². The quantitative estimate of drug-likeness (QED) is 0.738. The molecule has 20 heavy (non-hydrogen) atoms. The third-order valence-corrected chi connectivity index (χ3v) is 3.53. The van der Waals surface area contributed by atoms with Gasteiger partial charge in [-0.2, -0.15) is 0 Å². The van der Waals surface area contributed by atoms with E-state index in [-0.39, 0.29) is 11.9 Å². The highest BCUT2D eigenvalue weighted by molar-refractivity contribution is 7.80. The second kappa shape index (κ2) is 5.05. The van der Waals surface area contributed by atoms with Crippen molar-refractivity contribution in [3.8, 4) is 0 Å². The first-order valence-electron chi connectivity index (χ1n) is 6.36. The van der Waals surface area contributed by atoms with Gasteiger partial charge in [0.05, 0.1) is 17.1 Å². The Balaban J connectivity index is 2.01. The van der Waals surface area contributed by atoms with Crippen LogP contribution in [0.1, 0.15) is 12.0 Å². The van der Waals surface area contributed by atoms with Gasteiger partial charge in [-0.25, -0.2) is 4.98 Å². The summed E-state index contributed by atoms with van der Waals surface area (Å²) in [5.74, 6) is 0.679. The first-order chi connectivity index (χ1) is 9.63. The van der Waals surface area contributed by atoms with Gasteiger partial charge in [0.25, 0.3) is 0 Å². The Morgan fingerprint density at radius 2 is 2.25 bits per heavy atom. The Hall–Kier alpha value is -2.21. The molecule has 1 saturated heterocycles. The number of nitrogens with one attached hydrogen (secondary N) is 2. The zero-order chi connectivity index (χ0) is 14.1. The molecule has 1 atom stereocenters. The van der Waals surface area contributed by atoms with Gasteiger partial charge in [-0.05, 0) is 12.1 Å². The number of hydrogen-bond donors (Lipinski definition) is 3. The molecule has 4 N–H and O–H groups in total. The zero-order valence-corrected chi connectivity index (χ0v) is 11.5. The van der Waals surface area contributed by atoms with Gasteiger partial charge in [0.2, 0.25) is 5.91 Å². The normalized spacial score (nSPS) is 18.0. The van der Waals surface area contributed by atoms with E-state index in [2.05, 4.69) is 15.6 Å². The third kappa shape index (κ3) is 2.42. The van der Waals surface area contributed by atoms with Crippen molar-refractivity contribution in [1.82, 2.24) is 10.3 Å². The first-order valence-corrected chi connectivity index (χ1v) is 6.77. The van der Waals surface area contributed by atoms with Crippen molar-refractivity contribution in [3.05, 3.63) is 35.9 Å². The number of hydrogen-bond acceptors (Lipinski definition) is 4. The summed E-state index contributed by atoms with van der Waals surface area (Å²) in [6, 6.07) is 9.72. The molecule has 1 fully saturated rings. The van der Waals surface area contributed by atoms with E-state index in [9.17, 15) is 4.79 Å². The van der Waals surface area contributed by atoms with Gasteiger partial charge < -0.3 is 16.4 Å². The molecule has 0 saturated carbocycles. The highest BCUT2D eigenvalue weighted by Crippen LogP contribution is 2.22. The number of nitrogens with two attached hydrogens (primary N) is 1. The second-order valence-corrected chi connectivity index (χ2v) is 5.23. The third-order valence-electron chi connectivity index (χ3n) is 3.31. The highest BCUT2D eigenvalue weighted by atomic mass is 32.1. The van der Waals surface area contributed by atoms with E-state index in [1.54, 1.807) is 0 Å². The number of carbonyl (C=O) groups excluding carboxylic acids is 1. The molecule has 3 rings (SSSR count). The summed E-state index contributed by atoms with van der Waals surface area (Å²) in [6.45, 7) is 0.587. The van der Waals surface area contributed by atoms with Crippen LogP contribution in [0, 0.1) is 0 Å². The summed E-state index contributed by atoms with van der Waals surface area (Å²) in [5, 5.41) is 7.02. The van der Waals surface area contributed by atoms with Crippen LogP contribution in [0.2, 0.25) is 0 Å². The number of anilines is 1. The molecule has 5 nitrogen and oxygen atoms in total. The Labute approximate surface area is 121 Å². The smallest absolute Gasteiger partial charge is 0.222 e. The van der Waals surface area contributed by atoms with Crippen LogP contribution in [-0.2, 0) is 4.79 Å². The van der Waals surface area contributed by atoms with Crippen molar-refractivity contribution in [3.63, 3.8) is 0 Å². The van der Waals surface area contributed by atoms with Gasteiger partial charge in [0, 0.05) is 18.4 Å². The van der Waals surface area contributed by atoms with E-state index in [0.717, 1.165) is 10.9 Å². The van der Waals surface area contributed by atoms with Crippen molar-refractivity contribution >= 4 is 39.8 Å². The van der Waals surface area contributed by atoms with E-state index < -0.39 is 0 Å². The van der Waals surface area contributed by atoms with Crippen molar-refractivity contribution < 1.29 is 4.79 Å². The van der Waals surface area contributed by atoms with Gasteiger partial charge >= 0.3 is 0 Å². The lowest BCUT2D eigenvalue weighted by Crippen LogP contribution is -2.25. The van der Waals surface area contributed by atoms with Gasteiger partial charge in [-0.1, -0.05) is 30.4 Å². The number of aromatic nitrogens is 1. The number of pyridine rings is 1. The number of thiocarbonyl (C=S) groups is 1. The fraction of sp³-hybridized carbons (Fsp3) is 0.214. The molecule has 2 aromatic rings. The van der Waals surface area contributed by atoms with Crippen LogP contribution >= 0.6 is 12.2 Å². The van der Waals surface area contributed by atoms with Crippen LogP contribution in [0.15, 0.2) is 30.3 Å². The molecule has 2 heterocycles. The minimum absolute atomic E-state index is 0.0178. The predicted octanol–water partition coefficient (Wildman–Crippen LogP) is 1.17. The Morgan fingerprint density at radius 3 is 2.95 bits per heavy atom. The molecule has 1 aliphatic heterocycles. The number of fused-ring (bicyclic) bond motifs is 1. The Bertz CT molecular complexity index is 701. The first kappa shape index (κ1) is 12.8. The molecule has 0 radical (unpaired) electrons. The molecule has 6 heteroatoms. The van der Waals surface area contributed by atoms with Crippen LogP contribution in [-0.4, -0.2) is 28.5 Å². The van der Waals surface area contributed by atoms with E-state index >= 15 is 0 Å². The molecule has 1 aromatic carbocycles. The number of rotatable bonds is 3. The van der Waals surface area contributed by atoms with Crippen molar-refractivity contribution in [2.45, 2.75) is 12.5 Å². The van der Waals surface area contributed by atoms with E-state index in [0.29, 0.717) is 29.3 Å². The standard InChI is InChI=1S/C14H14N4OS/c15-13(20)10-5-8-3-1-2-4-11(8)18-14(10)17-9-6-12(19)16-7-9/h1-5,9H,6-7H2,(H2,15,20)(H,16,19)(H,17,18). The molecule has 1 amide bonds. The van der Waals surface area contributed by atoms with Crippen molar-refractivity contribution in [2.75, 3.05) is 11.9 Å². The van der Waals surface area contributed by atoms with Crippen LogP contribution in [0.25, 0.3) is 10.9 Å². The fourth-order valence-corrected chi connectivity index (χ4v) is 2.47. The lowest BCUT2D eigenvalue weighted by atomic mass is 10.1. The number of amides is 1. The summed E-state index contributed by atoms with van der Waals surface area (Å²) in [4.78, 5) is 16.1. The lowest BCUT2D eigenvalue weighted by molar-refractivity contribution is -0.119. The Kier molecular flexibility index (Phi) is 3.23. The molecule has 1 unspecified atom stereocenters. The summed E-state index contributed by atoms with van der Waals surface area (Å²) in [5.41, 5.74) is 7.35. The van der Waals surface area contributed by atoms with Gasteiger partial charge in [0.1, 0.15) is 10.8 Å². The largest absolute Gasteiger partial charge is 0.389 e. The van der Waals surface area contributed by atoms with Gasteiger partial charge in [0.15, 0.2) is 0 Å². The summed E-state index contributed by atoms with van der Waals surface area (Å²) >= 11 is 5.09. The topological polar surface area (TPSA) is 80.0 Å². The number of para-hydroxylation sites is 1. The van der Waals surface area contributed by atoms with Crippen LogP contribution in [0.3, 0.4) is 0 Å². The monoisotopic (exact) mass is 286 g/mol. The van der Waals surface area contributed by atoms with Crippen molar-refractivity contribution in [2.24, 2.45) is 5.73 Å². The average Bonchev–Trinajstić information content (AvgIpc) is 2.83. The van der Waals surface area contributed by atoms with Gasteiger partial charge in [-0.3, -0.25) is 4.79 Å². The predicted molar refractivity (Wildman–Crippen MR) is 82.7 cm³/mol. The average molecular weight is 286 g/mol. The van der Waals surface area contributed by atoms with E-state index in [1.807, 2.05) is 30.3 Å². The summed E-state index contributed by atoms with van der Waals surface area (Å²) in [6.07, 6.45) is 0.436. The molecule has 0 bridgehead atoms. The molecule has 1 aliphatic rings. The number of benzene rings is 1. The maximum absolute atomic E-state index is 11.3. The van der Waals surface area contributed by atoms with Gasteiger partial charge in [-0.15, -0.1) is 0 Å². The molecular formula is C14H14N4OS. The highest BCUT2D eigenvalue weighted by Gasteiger charge is 2.22. The number of nitrogens with zero attached hydrogens (tertiary/aromatic N) is 1. The molecule has 0 aliphatic carbocycles. The number of carbonyl (C=O) groups is 1. The summed E-state index contributed by atoms with van der Waals surface area (Å²) in [7, 11) is 0. The minimum atomic E-state index is 0.0178. The van der Waals surface area contributed by atoms with Crippen molar-refractivity contribution in [1.29, 1.82) is 0 Å². The molecule has 102 valence electrons. The maximum atomic E-state index is 11.3. The molecule has 0 spiro atoms. The molecule has 1 aromatic heterocycles. The minimum Gasteiger partial charge on any atom is -0.389 e. The van der Waals surface area contributed by atoms with Crippen LogP contribution in [0.4, 0.5) is 5.82 Å². The lowest BCUT2D eigenvalue weighted by Gasteiger charge is -2.15. The SMILES string of the molecule is NC(=S)c1cc2ccccc2nc1NC1CNC(=O)C1. The maximum Gasteiger partial charge on any atom is 0.222 e. The zero-order valence-electron chi connectivity index (χ0n) is 10.7. The fourth-order valence-electron chi connectivity index (χ4n) is 2.31. The van der Waals surface area contributed by atoms with E-state index in [1.165, 1.54) is 0 Å². The van der Waals surface area contributed by atoms with Crippen LogP contribution in [0.5, 0.6) is 0 Å². The second-order valence-electron chi connectivity index (χ2n) is 4.79. The summed E-state index contributed by atoms with van der Waals surface area (Å²) < 4.78 is 0.